The number of halogens is 1. The molecule has 0 atom stereocenters. The molecule has 0 aliphatic carbocycles. The van der Waals surface area contributed by atoms with Crippen molar-refractivity contribution in [3.05, 3.63) is 64.5 Å². The minimum Gasteiger partial charge on any atom is -0.338 e. The van der Waals surface area contributed by atoms with Crippen molar-refractivity contribution in [2.24, 2.45) is 0 Å². The van der Waals surface area contributed by atoms with Gasteiger partial charge >= 0.3 is 0 Å². The van der Waals surface area contributed by atoms with E-state index in [1.165, 1.54) is 0 Å². The predicted octanol–water partition coefficient (Wildman–Crippen LogP) is 3.80. The summed E-state index contributed by atoms with van der Waals surface area (Å²) in [5.41, 5.74) is 2.14. The zero-order valence-electron chi connectivity index (χ0n) is 16.5. The molecule has 0 saturated carbocycles. The number of amides is 1. The molecule has 31 heavy (non-hydrogen) atoms. The van der Waals surface area contributed by atoms with Crippen LogP contribution in [0.25, 0.3) is 22.0 Å². The number of nitrogens with one attached hydrogen (secondary N) is 1. The summed E-state index contributed by atoms with van der Waals surface area (Å²) in [7, 11) is 0. The van der Waals surface area contributed by atoms with Crippen molar-refractivity contribution in [1.29, 1.82) is 0 Å². The van der Waals surface area contributed by atoms with Gasteiger partial charge in [-0.05, 0) is 23.6 Å². The zero-order chi connectivity index (χ0) is 21.2. The summed E-state index contributed by atoms with van der Waals surface area (Å²) < 4.78 is 5.40. The monoisotopic (exact) mass is 454 g/mol. The normalized spacial score (nSPS) is 14.8. The summed E-state index contributed by atoms with van der Waals surface area (Å²) in [6.07, 6.45) is 1.59. The SMILES string of the molecule is O=C(c1cn[nH]c1-c1ccc(Cl)cc1)N1CCN(Cc2nc(-c3cccs3)no2)CC1. The summed E-state index contributed by atoms with van der Waals surface area (Å²) in [4.78, 5) is 22.6. The molecule has 1 aliphatic heterocycles. The minimum atomic E-state index is -0.0314. The van der Waals surface area contributed by atoms with Gasteiger partial charge < -0.3 is 9.42 Å². The summed E-state index contributed by atoms with van der Waals surface area (Å²) in [6.45, 7) is 3.28. The molecule has 5 rings (SSSR count). The lowest BCUT2D eigenvalue weighted by Crippen LogP contribution is -2.48. The van der Waals surface area contributed by atoms with Crippen molar-refractivity contribution < 1.29 is 9.32 Å². The smallest absolute Gasteiger partial charge is 0.257 e. The Hall–Kier alpha value is -3.01. The number of hydrogen-bond donors (Lipinski definition) is 1. The van der Waals surface area contributed by atoms with E-state index < -0.39 is 0 Å². The molecule has 1 aliphatic rings. The Morgan fingerprint density at radius 1 is 1.16 bits per heavy atom. The van der Waals surface area contributed by atoms with Crippen LogP contribution >= 0.6 is 22.9 Å². The third-order valence-electron chi connectivity index (χ3n) is 5.23. The highest BCUT2D eigenvalue weighted by atomic mass is 35.5. The van der Waals surface area contributed by atoms with Crippen LogP contribution in [-0.2, 0) is 6.54 Å². The molecule has 4 heterocycles. The number of rotatable bonds is 5. The molecule has 1 saturated heterocycles. The topological polar surface area (TPSA) is 91.2 Å². The molecule has 1 fully saturated rings. The van der Waals surface area contributed by atoms with Gasteiger partial charge in [0.05, 0.1) is 28.9 Å². The van der Waals surface area contributed by atoms with Crippen LogP contribution in [-0.4, -0.2) is 62.2 Å². The van der Waals surface area contributed by atoms with E-state index in [0.29, 0.717) is 47.6 Å². The number of aromatic amines is 1. The Morgan fingerprint density at radius 3 is 2.71 bits per heavy atom. The lowest BCUT2D eigenvalue weighted by Gasteiger charge is -2.33. The van der Waals surface area contributed by atoms with Gasteiger partial charge in [0.15, 0.2) is 0 Å². The maximum atomic E-state index is 13.1. The average molecular weight is 455 g/mol. The summed E-state index contributed by atoms with van der Waals surface area (Å²) in [5.74, 6) is 1.17. The molecule has 1 aromatic carbocycles. The first-order valence-electron chi connectivity index (χ1n) is 9.85. The van der Waals surface area contributed by atoms with Gasteiger partial charge in [0.2, 0.25) is 11.7 Å². The van der Waals surface area contributed by atoms with Crippen LogP contribution in [0.2, 0.25) is 5.02 Å². The van der Waals surface area contributed by atoms with E-state index in [1.807, 2.05) is 34.5 Å². The van der Waals surface area contributed by atoms with Crippen molar-refractivity contribution in [2.45, 2.75) is 6.54 Å². The predicted molar refractivity (Wildman–Crippen MR) is 118 cm³/mol. The van der Waals surface area contributed by atoms with E-state index in [0.717, 1.165) is 23.5 Å². The molecule has 8 nitrogen and oxygen atoms in total. The second-order valence-electron chi connectivity index (χ2n) is 7.22. The number of nitrogens with zero attached hydrogens (tertiary/aromatic N) is 5. The first-order valence-corrected chi connectivity index (χ1v) is 11.1. The average Bonchev–Trinajstić information content (AvgIpc) is 3.55. The van der Waals surface area contributed by atoms with Crippen LogP contribution in [0, 0.1) is 0 Å². The van der Waals surface area contributed by atoms with Gasteiger partial charge in [-0.25, -0.2) is 0 Å². The highest BCUT2D eigenvalue weighted by Crippen LogP contribution is 2.25. The maximum Gasteiger partial charge on any atom is 0.257 e. The van der Waals surface area contributed by atoms with Crippen LogP contribution in [0.1, 0.15) is 16.2 Å². The number of benzene rings is 1. The molecular formula is C21H19ClN6O2S. The fourth-order valence-corrected chi connectivity index (χ4v) is 4.36. The maximum absolute atomic E-state index is 13.1. The number of aromatic nitrogens is 4. The first-order chi connectivity index (χ1) is 15.2. The Morgan fingerprint density at radius 2 is 1.97 bits per heavy atom. The van der Waals surface area contributed by atoms with Gasteiger partial charge in [0.1, 0.15) is 0 Å². The van der Waals surface area contributed by atoms with Crippen LogP contribution in [0.15, 0.2) is 52.5 Å². The fraction of sp³-hybridized carbons (Fsp3) is 0.238. The molecule has 0 unspecified atom stereocenters. The molecule has 0 spiro atoms. The third-order valence-corrected chi connectivity index (χ3v) is 6.35. The Balaban J connectivity index is 1.21. The standard InChI is InChI=1S/C21H19ClN6O2S/c22-15-5-3-14(4-6-15)19-16(12-23-25-19)21(29)28-9-7-27(8-10-28)13-18-24-20(26-30-18)17-2-1-11-31-17/h1-6,11-12H,7-10,13H2,(H,23,25). The largest absolute Gasteiger partial charge is 0.338 e. The van der Waals surface area contributed by atoms with Gasteiger partial charge in [0, 0.05) is 36.8 Å². The molecule has 3 aromatic heterocycles. The van der Waals surface area contributed by atoms with E-state index >= 15 is 0 Å². The van der Waals surface area contributed by atoms with E-state index in [9.17, 15) is 4.79 Å². The molecule has 4 aromatic rings. The van der Waals surface area contributed by atoms with Crippen molar-refractivity contribution in [3.63, 3.8) is 0 Å². The van der Waals surface area contributed by atoms with Crippen LogP contribution in [0.5, 0.6) is 0 Å². The molecule has 0 bridgehead atoms. The Bertz CT molecular complexity index is 1160. The van der Waals surface area contributed by atoms with E-state index in [2.05, 4.69) is 25.2 Å². The minimum absolute atomic E-state index is 0.0314. The molecule has 1 N–H and O–H groups in total. The molecule has 10 heteroatoms. The van der Waals surface area contributed by atoms with Crippen molar-refractivity contribution in [3.8, 4) is 22.0 Å². The highest BCUT2D eigenvalue weighted by Gasteiger charge is 2.26. The Labute approximate surface area is 187 Å². The second-order valence-corrected chi connectivity index (χ2v) is 8.61. The first kappa shape index (κ1) is 19.9. The number of H-pyrrole nitrogens is 1. The zero-order valence-corrected chi connectivity index (χ0v) is 18.1. The van der Waals surface area contributed by atoms with Crippen LogP contribution < -0.4 is 0 Å². The number of carbonyl (C=O) groups excluding carboxylic acids is 1. The molecule has 1 amide bonds. The van der Waals surface area contributed by atoms with Gasteiger partial charge in [-0.1, -0.05) is 35.0 Å². The fourth-order valence-electron chi connectivity index (χ4n) is 3.58. The van der Waals surface area contributed by atoms with Crippen molar-refractivity contribution >= 4 is 28.8 Å². The Kier molecular flexibility index (Phi) is 5.54. The third kappa shape index (κ3) is 4.25. The number of thiophene rings is 1. The van der Waals surface area contributed by atoms with Gasteiger partial charge in [-0.15, -0.1) is 11.3 Å². The van der Waals surface area contributed by atoms with Gasteiger partial charge in [0.25, 0.3) is 5.91 Å². The van der Waals surface area contributed by atoms with Crippen molar-refractivity contribution in [1.82, 2.24) is 30.1 Å². The summed E-state index contributed by atoms with van der Waals surface area (Å²) >= 11 is 7.56. The lowest BCUT2D eigenvalue weighted by molar-refractivity contribution is 0.0616. The molecule has 0 radical (unpaired) electrons. The second kappa shape index (κ2) is 8.62. The van der Waals surface area contributed by atoms with Gasteiger partial charge in [-0.2, -0.15) is 10.1 Å². The lowest BCUT2D eigenvalue weighted by atomic mass is 10.1. The van der Waals surface area contributed by atoms with E-state index in [1.54, 1.807) is 29.7 Å². The number of piperazine rings is 1. The van der Waals surface area contributed by atoms with E-state index in [-0.39, 0.29) is 5.91 Å². The quantitative estimate of drug-likeness (QED) is 0.493. The molecular weight excluding hydrogens is 436 g/mol. The summed E-state index contributed by atoms with van der Waals surface area (Å²) in [6, 6.07) is 11.3. The highest BCUT2D eigenvalue weighted by molar-refractivity contribution is 7.13. The van der Waals surface area contributed by atoms with Crippen LogP contribution in [0.3, 0.4) is 0 Å². The van der Waals surface area contributed by atoms with Crippen LogP contribution in [0.4, 0.5) is 0 Å². The number of carbonyl (C=O) groups is 1. The van der Waals surface area contributed by atoms with Gasteiger partial charge in [-0.3, -0.25) is 14.8 Å². The summed E-state index contributed by atoms with van der Waals surface area (Å²) in [5, 5.41) is 13.7. The molecule has 158 valence electrons. The van der Waals surface area contributed by atoms with Crippen molar-refractivity contribution in [2.75, 3.05) is 26.2 Å². The van der Waals surface area contributed by atoms with E-state index in [4.69, 9.17) is 16.1 Å². The number of hydrogen-bond acceptors (Lipinski definition) is 7.